The summed E-state index contributed by atoms with van der Waals surface area (Å²) in [5, 5.41) is 0. The Labute approximate surface area is 182 Å². The SMILES string of the molecule is CN(CCn1ccnc1)Cc1ccc2n(c1=O)C[C@H]1C[C@@H]2CN(Cc2cncnc2)C1. The highest BCUT2D eigenvalue weighted by Crippen LogP contribution is 2.35. The minimum atomic E-state index is 0.187. The largest absolute Gasteiger partial charge is 0.336 e. The van der Waals surface area contributed by atoms with Crippen LogP contribution in [0.15, 0.2) is 54.4 Å². The Morgan fingerprint density at radius 3 is 2.81 bits per heavy atom. The molecule has 3 aromatic rings. The third-order valence-electron chi connectivity index (χ3n) is 6.52. The Balaban J connectivity index is 1.27. The van der Waals surface area contributed by atoms with Crippen LogP contribution in [-0.4, -0.2) is 60.6 Å². The van der Waals surface area contributed by atoms with Gasteiger partial charge in [0.2, 0.25) is 0 Å². The van der Waals surface area contributed by atoms with Crippen molar-refractivity contribution in [1.29, 1.82) is 0 Å². The number of hydrogen-bond donors (Lipinski definition) is 0. The highest BCUT2D eigenvalue weighted by Gasteiger charge is 2.34. The lowest BCUT2D eigenvalue weighted by Crippen LogP contribution is -2.47. The average molecular weight is 420 g/mol. The lowest BCUT2D eigenvalue weighted by molar-refractivity contribution is 0.114. The van der Waals surface area contributed by atoms with Gasteiger partial charge < -0.3 is 14.0 Å². The van der Waals surface area contributed by atoms with Gasteiger partial charge in [0.25, 0.3) is 5.56 Å². The van der Waals surface area contributed by atoms with Gasteiger partial charge in [-0.25, -0.2) is 15.0 Å². The predicted molar refractivity (Wildman–Crippen MR) is 117 cm³/mol. The van der Waals surface area contributed by atoms with E-state index in [1.54, 1.807) is 12.5 Å². The van der Waals surface area contributed by atoms with Gasteiger partial charge >= 0.3 is 0 Å². The fourth-order valence-electron chi connectivity index (χ4n) is 5.08. The van der Waals surface area contributed by atoms with E-state index in [4.69, 9.17) is 0 Å². The van der Waals surface area contributed by atoms with Crippen LogP contribution in [0, 0.1) is 5.92 Å². The maximum Gasteiger partial charge on any atom is 0.255 e. The molecule has 5 rings (SSSR count). The summed E-state index contributed by atoms with van der Waals surface area (Å²) in [5.74, 6) is 0.931. The number of hydrogen-bond acceptors (Lipinski definition) is 6. The van der Waals surface area contributed by atoms with Gasteiger partial charge in [0.05, 0.1) is 6.33 Å². The van der Waals surface area contributed by atoms with Crippen molar-refractivity contribution >= 4 is 0 Å². The third kappa shape index (κ3) is 4.45. The first-order valence-corrected chi connectivity index (χ1v) is 11.0. The molecule has 2 aliphatic rings. The normalized spacial score (nSPS) is 20.7. The lowest BCUT2D eigenvalue weighted by atomic mass is 9.83. The van der Waals surface area contributed by atoms with E-state index in [-0.39, 0.29) is 5.56 Å². The Kier molecular flexibility index (Phi) is 5.65. The van der Waals surface area contributed by atoms with Crippen molar-refractivity contribution in [2.75, 3.05) is 26.7 Å². The van der Waals surface area contributed by atoms with E-state index in [0.717, 1.165) is 50.4 Å². The summed E-state index contributed by atoms with van der Waals surface area (Å²) in [6, 6.07) is 4.24. The van der Waals surface area contributed by atoms with Crippen LogP contribution < -0.4 is 5.56 Å². The van der Waals surface area contributed by atoms with Crippen molar-refractivity contribution in [1.82, 2.24) is 33.9 Å². The summed E-state index contributed by atoms with van der Waals surface area (Å²) < 4.78 is 4.12. The van der Waals surface area contributed by atoms with E-state index in [1.165, 1.54) is 12.1 Å². The molecule has 0 saturated carbocycles. The zero-order chi connectivity index (χ0) is 21.2. The van der Waals surface area contributed by atoms with Crippen molar-refractivity contribution in [3.63, 3.8) is 0 Å². The van der Waals surface area contributed by atoms with Gasteiger partial charge in [-0.2, -0.15) is 0 Å². The zero-order valence-electron chi connectivity index (χ0n) is 18.0. The number of piperidine rings is 1. The van der Waals surface area contributed by atoms with Crippen molar-refractivity contribution in [2.24, 2.45) is 5.92 Å². The van der Waals surface area contributed by atoms with Gasteiger partial charge in [0.1, 0.15) is 6.33 Å². The molecule has 0 amide bonds. The van der Waals surface area contributed by atoms with Crippen LogP contribution >= 0.6 is 0 Å². The summed E-state index contributed by atoms with van der Waals surface area (Å²) in [6.07, 6.45) is 12.1. The summed E-state index contributed by atoms with van der Waals surface area (Å²) in [6.45, 7) is 6.11. The van der Waals surface area contributed by atoms with Gasteiger partial charge in [-0.3, -0.25) is 9.69 Å². The Bertz CT molecular complexity index is 1060. The molecular weight excluding hydrogens is 390 g/mol. The molecule has 162 valence electrons. The van der Waals surface area contributed by atoms with Crippen molar-refractivity contribution < 1.29 is 0 Å². The molecule has 1 fully saturated rings. The molecule has 0 unspecified atom stereocenters. The summed E-state index contributed by atoms with van der Waals surface area (Å²) in [4.78, 5) is 30.3. The first-order chi connectivity index (χ1) is 15.2. The molecule has 0 aromatic carbocycles. The minimum Gasteiger partial charge on any atom is -0.336 e. The summed E-state index contributed by atoms with van der Waals surface area (Å²) in [5.41, 5.74) is 3.41. The fourth-order valence-corrected chi connectivity index (χ4v) is 5.08. The van der Waals surface area contributed by atoms with Crippen LogP contribution in [0.2, 0.25) is 0 Å². The molecule has 0 radical (unpaired) electrons. The number of rotatable bonds is 7. The van der Waals surface area contributed by atoms with E-state index < -0.39 is 0 Å². The monoisotopic (exact) mass is 419 g/mol. The van der Waals surface area contributed by atoms with Crippen molar-refractivity contribution in [3.05, 3.63) is 76.7 Å². The molecule has 0 aliphatic carbocycles. The van der Waals surface area contributed by atoms with Crippen LogP contribution in [0.1, 0.15) is 29.2 Å². The lowest BCUT2D eigenvalue weighted by Gasteiger charge is -2.43. The molecule has 0 spiro atoms. The minimum absolute atomic E-state index is 0.187. The molecule has 2 aliphatic heterocycles. The van der Waals surface area contributed by atoms with Gasteiger partial charge in [0, 0.05) is 93.3 Å². The molecule has 3 aromatic heterocycles. The average Bonchev–Trinajstić information content (AvgIpc) is 3.29. The van der Waals surface area contributed by atoms with Crippen molar-refractivity contribution in [2.45, 2.75) is 38.5 Å². The van der Waals surface area contributed by atoms with E-state index in [2.05, 4.69) is 47.0 Å². The second-order valence-corrected chi connectivity index (χ2v) is 8.98. The van der Waals surface area contributed by atoms with Gasteiger partial charge in [-0.1, -0.05) is 6.07 Å². The Morgan fingerprint density at radius 2 is 2.00 bits per heavy atom. The predicted octanol–water partition coefficient (Wildman–Crippen LogP) is 1.59. The fraction of sp³-hybridized carbons (Fsp3) is 0.478. The number of pyridine rings is 1. The van der Waals surface area contributed by atoms with Crippen LogP contribution in [0.25, 0.3) is 0 Å². The van der Waals surface area contributed by atoms with Crippen LogP contribution in [-0.2, 0) is 26.2 Å². The number of nitrogens with zero attached hydrogens (tertiary/aromatic N) is 7. The maximum absolute atomic E-state index is 13.3. The number of likely N-dealkylation sites (N-methyl/N-ethyl adjacent to an activating group) is 1. The maximum atomic E-state index is 13.3. The van der Waals surface area contributed by atoms with Crippen LogP contribution in [0.4, 0.5) is 0 Å². The topological polar surface area (TPSA) is 72.1 Å². The molecule has 31 heavy (non-hydrogen) atoms. The molecule has 8 nitrogen and oxygen atoms in total. The number of likely N-dealkylation sites (tertiary alicyclic amines) is 1. The molecule has 2 atom stereocenters. The second kappa shape index (κ2) is 8.72. The highest BCUT2D eigenvalue weighted by atomic mass is 16.1. The van der Waals surface area contributed by atoms with E-state index in [9.17, 15) is 4.79 Å². The van der Waals surface area contributed by atoms with Gasteiger partial charge in [-0.05, 0) is 25.5 Å². The molecule has 5 heterocycles. The quantitative estimate of drug-likeness (QED) is 0.579. The molecule has 0 N–H and O–H groups in total. The van der Waals surface area contributed by atoms with Crippen LogP contribution in [0.5, 0.6) is 0 Å². The second-order valence-electron chi connectivity index (χ2n) is 8.98. The Morgan fingerprint density at radius 1 is 1.13 bits per heavy atom. The zero-order valence-corrected chi connectivity index (χ0v) is 18.0. The van der Waals surface area contributed by atoms with Gasteiger partial charge in [0.15, 0.2) is 0 Å². The van der Waals surface area contributed by atoms with Gasteiger partial charge in [-0.15, -0.1) is 0 Å². The third-order valence-corrected chi connectivity index (χ3v) is 6.52. The first kappa shape index (κ1) is 20.1. The standard InChI is InChI=1S/C23H29N7O/c1-27(6-7-28-5-4-24-17-28)14-20-2-3-22-21-8-18(13-30(22)23(20)31)11-29(15-21)12-19-9-25-16-26-10-19/h2-5,9-10,16-18,21H,6-8,11-15H2,1H3/t18-,21+/m0/s1. The Hall–Kier alpha value is -2.84. The summed E-state index contributed by atoms with van der Waals surface area (Å²) >= 11 is 0. The highest BCUT2D eigenvalue weighted by molar-refractivity contribution is 5.22. The first-order valence-electron chi connectivity index (χ1n) is 11.0. The smallest absolute Gasteiger partial charge is 0.255 e. The molecule has 2 bridgehead atoms. The molecule has 8 heteroatoms. The van der Waals surface area contributed by atoms with E-state index >= 15 is 0 Å². The van der Waals surface area contributed by atoms with Crippen LogP contribution in [0.3, 0.4) is 0 Å². The number of aromatic nitrogens is 5. The van der Waals surface area contributed by atoms with E-state index in [1.807, 2.05) is 31.0 Å². The molecule has 1 saturated heterocycles. The van der Waals surface area contributed by atoms with E-state index in [0.29, 0.717) is 18.4 Å². The molecular formula is C23H29N7O. The van der Waals surface area contributed by atoms with Crippen molar-refractivity contribution in [3.8, 4) is 0 Å². The number of fused-ring (bicyclic) bond motifs is 4. The number of imidazole rings is 1. The summed E-state index contributed by atoms with van der Waals surface area (Å²) in [7, 11) is 2.07.